The molecule has 204 valence electrons. The maximum Gasteiger partial charge on any atom is 0.0540 e. The summed E-state index contributed by atoms with van der Waals surface area (Å²) >= 11 is 0. The summed E-state index contributed by atoms with van der Waals surface area (Å²) < 4.78 is 0. The minimum Gasteiger partial charge on any atom is -0.356 e. The second-order valence-corrected chi connectivity index (χ2v) is 10.9. The molecule has 0 unspecified atom stereocenters. The van der Waals surface area contributed by atoms with Gasteiger partial charge >= 0.3 is 0 Å². The molecule has 0 fully saturated rings. The lowest BCUT2D eigenvalue weighted by atomic mass is 9.97. The number of benzene rings is 5. The van der Waals surface area contributed by atoms with E-state index in [1.54, 1.807) is 0 Å². The van der Waals surface area contributed by atoms with Crippen LogP contribution in [0, 0.1) is 0 Å². The third-order valence-corrected chi connectivity index (χ3v) is 8.10. The zero-order valence-electron chi connectivity index (χ0n) is 23.7. The summed E-state index contributed by atoms with van der Waals surface area (Å²) in [6.07, 6.45) is 17.9. The molecule has 7 rings (SSSR count). The van der Waals surface area contributed by atoms with E-state index in [0.29, 0.717) is 0 Å². The van der Waals surface area contributed by atoms with Gasteiger partial charge in [0, 0.05) is 28.1 Å². The third-order valence-electron chi connectivity index (χ3n) is 8.10. The first-order valence-electron chi connectivity index (χ1n) is 14.9. The minimum absolute atomic E-state index is 1.07. The smallest absolute Gasteiger partial charge is 0.0540 e. The fourth-order valence-electron chi connectivity index (χ4n) is 5.98. The maximum atomic E-state index is 3.63. The number of allylic oxidation sites excluding steroid dienone is 8. The van der Waals surface area contributed by atoms with E-state index in [-0.39, 0.29) is 0 Å². The first-order valence-corrected chi connectivity index (χ1v) is 14.9. The van der Waals surface area contributed by atoms with Crippen LogP contribution in [0.25, 0.3) is 21.9 Å². The van der Waals surface area contributed by atoms with E-state index in [4.69, 9.17) is 0 Å². The molecule has 0 heterocycles. The van der Waals surface area contributed by atoms with Crippen molar-refractivity contribution in [1.82, 2.24) is 0 Å². The molecule has 42 heavy (non-hydrogen) atoms. The first kappa shape index (κ1) is 25.9. The minimum atomic E-state index is 1.07. The van der Waals surface area contributed by atoms with Gasteiger partial charge in [0.25, 0.3) is 0 Å². The Morgan fingerprint density at radius 1 is 0.595 bits per heavy atom. The number of hydrogen-bond acceptors (Lipinski definition) is 2. The molecule has 0 atom stereocenters. The van der Waals surface area contributed by atoms with Crippen molar-refractivity contribution < 1.29 is 0 Å². The molecular formula is C40H34N2. The van der Waals surface area contributed by atoms with E-state index in [2.05, 4.69) is 162 Å². The summed E-state index contributed by atoms with van der Waals surface area (Å²) in [6.45, 7) is 0. The van der Waals surface area contributed by atoms with Crippen LogP contribution < -0.4 is 10.2 Å². The Morgan fingerprint density at radius 2 is 1.43 bits per heavy atom. The van der Waals surface area contributed by atoms with Crippen molar-refractivity contribution in [3.8, 4) is 0 Å². The van der Waals surface area contributed by atoms with Gasteiger partial charge in [0.2, 0.25) is 0 Å². The molecule has 5 aromatic carbocycles. The second kappa shape index (κ2) is 11.8. The van der Waals surface area contributed by atoms with Gasteiger partial charge in [0.15, 0.2) is 0 Å². The summed E-state index contributed by atoms with van der Waals surface area (Å²) in [5, 5.41) is 6.09. The number of nitrogens with one attached hydrogen (secondary N) is 1. The average Bonchev–Trinajstić information content (AvgIpc) is 3.07. The van der Waals surface area contributed by atoms with Crippen LogP contribution >= 0.6 is 0 Å². The SMILES string of the molecule is C1=CCCC(c2cccc(Nc3ccc(N(c4cccc(C5=CCCC=C5)c4)c4cccc5ccccc45)cc3)c2)=C1. The van der Waals surface area contributed by atoms with Crippen LogP contribution in [0.3, 0.4) is 0 Å². The van der Waals surface area contributed by atoms with Gasteiger partial charge in [-0.15, -0.1) is 0 Å². The highest BCUT2D eigenvalue weighted by Crippen LogP contribution is 2.40. The molecule has 0 aromatic heterocycles. The Morgan fingerprint density at radius 3 is 2.29 bits per heavy atom. The van der Waals surface area contributed by atoms with Crippen molar-refractivity contribution in [2.45, 2.75) is 25.7 Å². The van der Waals surface area contributed by atoms with Crippen LogP contribution in [0.15, 0.2) is 152 Å². The Kier molecular flexibility index (Phi) is 7.27. The molecule has 0 spiro atoms. The summed E-state index contributed by atoms with van der Waals surface area (Å²) in [5.74, 6) is 0. The van der Waals surface area contributed by atoms with Crippen LogP contribution in [0.2, 0.25) is 0 Å². The van der Waals surface area contributed by atoms with E-state index in [1.165, 1.54) is 38.7 Å². The summed E-state index contributed by atoms with van der Waals surface area (Å²) in [5.41, 5.74) is 10.8. The normalized spacial score (nSPS) is 14.4. The van der Waals surface area contributed by atoms with E-state index in [0.717, 1.165) is 48.4 Å². The van der Waals surface area contributed by atoms with Gasteiger partial charge in [0.05, 0.1) is 5.69 Å². The van der Waals surface area contributed by atoms with Crippen LogP contribution in [0.1, 0.15) is 36.8 Å². The van der Waals surface area contributed by atoms with Gasteiger partial charge in [-0.05, 0) is 108 Å². The monoisotopic (exact) mass is 542 g/mol. The molecule has 0 radical (unpaired) electrons. The fourth-order valence-corrected chi connectivity index (χ4v) is 5.98. The standard InChI is InChI=1S/C40H34N2/c1-3-12-30(13-4-1)33-18-9-20-36(28-33)41-35-24-26-37(27-25-35)42(40-23-11-17-32-16-7-8-22-39(32)40)38-21-10-19-34(29-38)31-14-5-2-6-15-31/h1,3,5,7-12,14-29,41H,2,4,6,13H2. The predicted octanol–water partition coefficient (Wildman–Crippen LogP) is 11.5. The van der Waals surface area contributed by atoms with E-state index in [1.807, 2.05) is 0 Å². The molecule has 2 nitrogen and oxygen atoms in total. The fraction of sp³-hybridized carbons (Fsp3) is 0.100. The molecule has 2 aliphatic carbocycles. The quantitative estimate of drug-likeness (QED) is 0.220. The van der Waals surface area contributed by atoms with Crippen molar-refractivity contribution in [3.63, 3.8) is 0 Å². The van der Waals surface area contributed by atoms with Gasteiger partial charge in [-0.2, -0.15) is 0 Å². The predicted molar refractivity (Wildman–Crippen MR) is 181 cm³/mol. The van der Waals surface area contributed by atoms with Crippen molar-refractivity contribution >= 4 is 50.4 Å². The largest absolute Gasteiger partial charge is 0.356 e. The summed E-state index contributed by atoms with van der Waals surface area (Å²) in [4.78, 5) is 2.38. The van der Waals surface area contributed by atoms with Crippen molar-refractivity contribution in [3.05, 3.63) is 163 Å². The van der Waals surface area contributed by atoms with Gasteiger partial charge in [-0.3, -0.25) is 0 Å². The summed E-state index contributed by atoms with van der Waals surface area (Å²) in [6, 6.07) is 41.6. The lowest BCUT2D eigenvalue weighted by Gasteiger charge is -2.27. The van der Waals surface area contributed by atoms with Gasteiger partial charge in [-0.25, -0.2) is 0 Å². The lowest BCUT2D eigenvalue weighted by Crippen LogP contribution is -2.11. The number of hydrogen-bond donors (Lipinski definition) is 1. The van der Waals surface area contributed by atoms with Gasteiger partial charge in [0.1, 0.15) is 0 Å². The molecule has 0 amide bonds. The van der Waals surface area contributed by atoms with Gasteiger partial charge in [-0.1, -0.05) is 97.1 Å². The van der Waals surface area contributed by atoms with E-state index in [9.17, 15) is 0 Å². The zero-order chi connectivity index (χ0) is 28.1. The number of nitrogens with zero attached hydrogens (tertiary/aromatic N) is 1. The van der Waals surface area contributed by atoms with Crippen molar-refractivity contribution in [2.24, 2.45) is 0 Å². The molecule has 0 saturated carbocycles. The van der Waals surface area contributed by atoms with Crippen molar-refractivity contribution in [1.29, 1.82) is 0 Å². The van der Waals surface area contributed by atoms with Crippen LogP contribution in [0.5, 0.6) is 0 Å². The maximum absolute atomic E-state index is 3.63. The molecule has 0 saturated heterocycles. The Labute approximate surface area is 248 Å². The lowest BCUT2D eigenvalue weighted by molar-refractivity contribution is 1.04. The highest BCUT2D eigenvalue weighted by atomic mass is 15.1. The molecule has 0 aliphatic heterocycles. The Bertz CT molecular complexity index is 1850. The highest BCUT2D eigenvalue weighted by Gasteiger charge is 2.16. The van der Waals surface area contributed by atoms with E-state index < -0.39 is 0 Å². The molecule has 5 aromatic rings. The molecule has 0 bridgehead atoms. The van der Waals surface area contributed by atoms with Crippen molar-refractivity contribution in [2.75, 3.05) is 10.2 Å². The number of anilines is 5. The second-order valence-electron chi connectivity index (χ2n) is 10.9. The van der Waals surface area contributed by atoms with E-state index >= 15 is 0 Å². The first-order chi connectivity index (χ1) is 20.8. The topological polar surface area (TPSA) is 15.3 Å². The van der Waals surface area contributed by atoms with Gasteiger partial charge < -0.3 is 10.2 Å². The number of fused-ring (bicyclic) bond motifs is 1. The molecule has 2 heteroatoms. The number of rotatable bonds is 7. The molecule has 1 N–H and O–H groups in total. The van der Waals surface area contributed by atoms with Crippen LogP contribution in [-0.2, 0) is 0 Å². The Hall–Kier alpha value is -5.08. The third kappa shape index (κ3) is 5.44. The average molecular weight is 543 g/mol. The highest BCUT2D eigenvalue weighted by molar-refractivity contribution is 5.99. The van der Waals surface area contributed by atoms with Crippen LogP contribution in [-0.4, -0.2) is 0 Å². The molecular weight excluding hydrogens is 508 g/mol. The molecule has 2 aliphatic rings. The Balaban J connectivity index is 1.25. The summed E-state index contributed by atoms with van der Waals surface area (Å²) in [7, 11) is 0. The zero-order valence-corrected chi connectivity index (χ0v) is 23.7. The van der Waals surface area contributed by atoms with Crippen LogP contribution in [0.4, 0.5) is 28.4 Å².